The first-order chi connectivity index (χ1) is 11.2. The maximum Gasteiger partial charge on any atom is 0.345 e. The number of thiazole rings is 1. The van der Waals surface area contributed by atoms with E-state index >= 15 is 0 Å². The van der Waals surface area contributed by atoms with E-state index in [1.165, 1.54) is 30.7 Å². The van der Waals surface area contributed by atoms with Crippen molar-refractivity contribution in [3.05, 3.63) is 28.4 Å². The Morgan fingerprint density at radius 3 is 2.71 bits per heavy atom. The fourth-order valence-electron chi connectivity index (χ4n) is 1.99. The maximum atomic E-state index is 12.5. The molecule has 0 atom stereocenters. The molecular weight excluding hydrogens is 354 g/mol. The first kappa shape index (κ1) is 18.7. The number of ether oxygens (including phenoxy) is 1. The number of hydrogen-bond donors (Lipinski definition) is 1. The molecule has 132 valence electrons. The molecular formula is C14H19N3O5S2. The third kappa shape index (κ3) is 4.07. The second-order valence-electron chi connectivity index (χ2n) is 5.69. The average molecular weight is 373 g/mol. The van der Waals surface area contributed by atoms with Crippen molar-refractivity contribution in [2.24, 2.45) is 4.40 Å². The van der Waals surface area contributed by atoms with Gasteiger partial charge < -0.3 is 9.84 Å². The Morgan fingerprint density at radius 2 is 2.17 bits per heavy atom. The van der Waals surface area contributed by atoms with E-state index in [9.17, 15) is 18.3 Å². The number of nitrogens with zero attached hydrogens (tertiary/aromatic N) is 3. The molecule has 1 aliphatic rings. The summed E-state index contributed by atoms with van der Waals surface area (Å²) in [5, 5.41) is 11.2. The van der Waals surface area contributed by atoms with Crippen molar-refractivity contribution >= 4 is 33.0 Å². The zero-order chi connectivity index (χ0) is 18.0. The standard InChI is InChI=1S/C14H19N3O5S2/c1-14(2,22-3)4-6-17-11(12(19)9-18)8-10(16-24(17,20)21)13-15-5-7-23-13/h5,7-8,18H,4,6,9H2,1-3H3. The van der Waals surface area contributed by atoms with Gasteiger partial charge in [0.1, 0.15) is 23.0 Å². The van der Waals surface area contributed by atoms with Crippen LogP contribution in [0.25, 0.3) is 0 Å². The van der Waals surface area contributed by atoms with Gasteiger partial charge in [0.05, 0.1) is 5.60 Å². The van der Waals surface area contributed by atoms with Gasteiger partial charge in [-0.2, -0.15) is 8.42 Å². The Kier molecular flexibility index (Phi) is 5.53. The van der Waals surface area contributed by atoms with Crippen molar-refractivity contribution < 1.29 is 23.1 Å². The van der Waals surface area contributed by atoms with Gasteiger partial charge in [0.25, 0.3) is 0 Å². The highest BCUT2D eigenvalue weighted by atomic mass is 32.2. The maximum absolute atomic E-state index is 12.5. The number of carbonyl (C=O) groups is 1. The lowest BCUT2D eigenvalue weighted by atomic mass is 10.1. The molecule has 1 N–H and O–H groups in total. The third-order valence-corrected chi connectivity index (χ3v) is 5.74. The van der Waals surface area contributed by atoms with Gasteiger partial charge in [-0.25, -0.2) is 9.29 Å². The number of ketones is 1. The molecule has 0 fully saturated rings. The first-order valence-corrected chi connectivity index (χ1v) is 9.41. The van der Waals surface area contributed by atoms with E-state index in [-0.39, 0.29) is 18.0 Å². The number of methoxy groups -OCH3 is 1. The van der Waals surface area contributed by atoms with Gasteiger partial charge in [0.15, 0.2) is 0 Å². The fourth-order valence-corrected chi connectivity index (χ4v) is 3.85. The van der Waals surface area contributed by atoms with Crippen molar-refractivity contribution in [3.63, 3.8) is 0 Å². The summed E-state index contributed by atoms with van der Waals surface area (Å²) in [6.45, 7) is 2.84. The largest absolute Gasteiger partial charge is 0.388 e. The number of Topliss-reactive ketones (excluding diaryl/α,β-unsaturated/α-hetero) is 1. The minimum Gasteiger partial charge on any atom is -0.388 e. The van der Waals surface area contributed by atoms with Crippen molar-refractivity contribution in [1.29, 1.82) is 0 Å². The van der Waals surface area contributed by atoms with Crippen molar-refractivity contribution in [2.45, 2.75) is 25.9 Å². The fraction of sp³-hybridized carbons (Fsp3) is 0.500. The summed E-state index contributed by atoms with van der Waals surface area (Å²) in [6, 6.07) is 0. The smallest absolute Gasteiger partial charge is 0.345 e. The van der Waals surface area contributed by atoms with Crippen molar-refractivity contribution in [3.8, 4) is 0 Å². The van der Waals surface area contributed by atoms with Crippen LogP contribution in [0.15, 0.2) is 27.7 Å². The van der Waals surface area contributed by atoms with Crippen LogP contribution < -0.4 is 0 Å². The van der Waals surface area contributed by atoms with Gasteiger partial charge in [-0.05, 0) is 26.3 Å². The van der Waals surface area contributed by atoms with Crippen LogP contribution in [-0.2, 0) is 19.7 Å². The molecule has 24 heavy (non-hydrogen) atoms. The molecule has 0 unspecified atom stereocenters. The summed E-state index contributed by atoms with van der Waals surface area (Å²) in [7, 11) is -2.57. The summed E-state index contributed by atoms with van der Waals surface area (Å²) in [5.74, 6) is -0.697. The Morgan fingerprint density at radius 1 is 1.46 bits per heavy atom. The van der Waals surface area contributed by atoms with Gasteiger partial charge >= 0.3 is 10.2 Å². The number of hydrogen-bond acceptors (Lipinski definition) is 7. The summed E-state index contributed by atoms with van der Waals surface area (Å²) in [4.78, 5) is 16.1. The number of carbonyl (C=O) groups excluding carboxylic acids is 1. The number of aliphatic hydroxyl groups excluding tert-OH is 1. The van der Waals surface area contributed by atoms with Crippen LogP contribution in [0.5, 0.6) is 0 Å². The highest BCUT2D eigenvalue weighted by molar-refractivity contribution is 7.88. The summed E-state index contributed by atoms with van der Waals surface area (Å²) in [6.07, 6.45) is 3.21. The summed E-state index contributed by atoms with van der Waals surface area (Å²) >= 11 is 1.21. The molecule has 1 aliphatic heterocycles. The molecule has 0 aromatic carbocycles. The Bertz CT molecular complexity index is 766. The molecule has 0 aliphatic carbocycles. The Labute approximate surface area is 144 Å². The van der Waals surface area contributed by atoms with Gasteiger partial charge in [0, 0.05) is 25.2 Å². The second kappa shape index (κ2) is 7.09. The Balaban J connectivity index is 2.40. The van der Waals surface area contributed by atoms with Crippen molar-refractivity contribution in [1.82, 2.24) is 9.29 Å². The van der Waals surface area contributed by atoms with Crippen LogP contribution in [-0.4, -0.2) is 60.2 Å². The SMILES string of the molecule is COC(C)(C)CCN1C(C(=O)CO)=CC(c2nccs2)=NS1(=O)=O. The molecule has 8 nitrogen and oxygen atoms in total. The minimum atomic E-state index is -4.10. The van der Waals surface area contributed by atoms with Crippen LogP contribution in [0.2, 0.25) is 0 Å². The first-order valence-electron chi connectivity index (χ1n) is 7.13. The molecule has 2 rings (SSSR count). The van der Waals surface area contributed by atoms with E-state index < -0.39 is 28.2 Å². The lowest BCUT2D eigenvalue weighted by Gasteiger charge is -2.30. The number of aliphatic hydroxyl groups is 1. The van der Waals surface area contributed by atoms with Gasteiger partial charge in [0.2, 0.25) is 5.78 Å². The lowest BCUT2D eigenvalue weighted by Crippen LogP contribution is -2.40. The van der Waals surface area contributed by atoms with Gasteiger partial charge in [-0.1, -0.05) is 0 Å². The van der Waals surface area contributed by atoms with Gasteiger partial charge in [-0.3, -0.25) is 4.79 Å². The lowest BCUT2D eigenvalue weighted by molar-refractivity contribution is -0.119. The summed E-state index contributed by atoms with van der Waals surface area (Å²) in [5.41, 5.74) is -0.601. The quantitative estimate of drug-likeness (QED) is 0.755. The molecule has 2 heterocycles. The average Bonchev–Trinajstić information content (AvgIpc) is 3.06. The van der Waals surface area contributed by atoms with E-state index in [0.29, 0.717) is 11.4 Å². The zero-order valence-corrected chi connectivity index (χ0v) is 15.2. The molecule has 0 spiro atoms. The molecule has 0 saturated carbocycles. The number of rotatable bonds is 7. The normalized spacial score (nSPS) is 17.4. The topological polar surface area (TPSA) is 109 Å². The molecule has 0 saturated heterocycles. The predicted octanol–water partition coefficient (Wildman–Crippen LogP) is 0.753. The van der Waals surface area contributed by atoms with Crippen LogP contribution in [0.1, 0.15) is 25.3 Å². The molecule has 0 radical (unpaired) electrons. The van der Waals surface area contributed by atoms with Crippen LogP contribution >= 0.6 is 11.3 Å². The summed E-state index contributed by atoms with van der Waals surface area (Å²) < 4.78 is 35.0. The molecule has 10 heteroatoms. The predicted molar refractivity (Wildman–Crippen MR) is 90.2 cm³/mol. The van der Waals surface area contributed by atoms with E-state index in [1.807, 2.05) is 13.8 Å². The zero-order valence-electron chi connectivity index (χ0n) is 13.6. The van der Waals surface area contributed by atoms with E-state index in [0.717, 1.165) is 4.31 Å². The minimum absolute atomic E-state index is 0.00932. The Hall–Kier alpha value is -1.62. The van der Waals surface area contributed by atoms with Crippen molar-refractivity contribution in [2.75, 3.05) is 20.3 Å². The highest BCUT2D eigenvalue weighted by Crippen LogP contribution is 2.25. The van der Waals surface area contributed by atoms with Crippen LogP contribution in [0.4, 0.5) is 0 Å². The van der Waals surface area contributed by atoms with Crippen LogP contribution in [0.3, 0.4) is 0 Å². The molecule has 1 aromatic heterocycles. The molecule has 0 amide bonds. The van der Waals surface area contributed by atoms with E-state index in [4.69, 9.17) is 4.74 Å². The molecule has 1 aromatic rings. The van der Waals surface area contributed by atoms with Gasteiger partial charge in [-0.15, -0.1) is 15.7 Å². The van der Waals surface area contributed by atoms with E-state index in [2.05, 4.69) is 9.38 Å². The molecule has 0 bridgehead atoms. The van der Waals surface area contributed by atoms with Crippen LogP contribution in [0, 0.1) is 0 Å². The number of aromatic nitrogens is 1. The van der Waals surface area contributed by atoms with E-state index in [1.54, 1.807) is 5.38 Å². The number of allylic oxidation sites excluding steroid dienone is 1. The third-order valence-electron chi connectivity index (χ3n) is 3.58. The highest BCUT2D eigenvalue weighted by Gasteiger charge is 2.34. The second-order valence-corrected chi connectivity index (χ2v) is 8.10. The monoisotopic (exact) mass is 373 g/mol.